The molecule has 3 aromatic rings. The van der Waals surface area contributed by atoms with Gasteiger partial charge in [0.1, 0.15) is 0 Å². The Balaban J connectivity index is 1.73. The lowest BCUT2D eigenvalue weighted by molar-refractivity contribution is 0.102. The molecule has 2 aromatic carbocycles. The maximum atomic E-state index is 12.5. The molecule has 27 heavy (non-hydrogen) atoms. The first-order chi connectivity index (χ1) is 13.0. The summed E-state index contributed by atoms with van der Waals surface area (Å²) in [5.74, 6) is 0.0123. The van der Waals surface area contributed by atoms with Gasteiger partial charge in [-0.2, -0.15) is 0 Å². The summed E-state index contributed by atoms with van der Waals surface area (Å²) in [4.78, 5) is 24.5. The number of benzene rings is 2. The standard InChI is InChI=1S/C22H20N4O/c1-15(10-21-14-24-13-16(2)25-21)17-6-4-9-20(11-17)26-22(27)18-7-5-8-19(12-18)23-3/h4-9,11-15H,10H2,1-2H3,(H,26,27)/t15-/m1/s1. The Morgan fingerprint density at radius 2 is 2.00 bits per heavy atom. The SMILES string of the molecule is [C-]#[N+]c1cccc(C(=O)Nc2cccc([C@H](C)Cc3cncc(C)n3)c2)c1. The average Bonchev–Trinajstić information content (AvgIpc) is 2.68. The van der Waals surface area contributed by atoms with Crippen molar-refractivity contribution < 1.29 is 4.79 Å². The van der Waals surface area contributed by atoms with E-state index >= 15 is 0 Å². The molecule has 1 heterocycles. The summed E-state index contributed by atoms with van der Waals surface area (Å²) in [6.07, 6.45) is 4.31. The molecular weight excluding hydrogens is 336 g/mol. The van der Waals surface area contributed by atoms with Crippen LogP contribution in [0, 0.1) is 13.5 Å². The third-order valence-corrected chi connectivity index (χ3v) is 4.27. The van der Waals surface area contributed by atoms with Crippen LogP contribution in [-0.4, -0.2) is 15.9 Å². The minimum Gasteiger partial charge on any atom is -0.322 e. The highest BCUT2D eigenvalue weighted by atomic mass is 16.1. The molecular formula is C22H20N4O. The quantitative estimate of drug-likeness (QED) is 0.659. The molecule has 0 saturated carbocycles. The fraction of sp³-hybridized carbons (Fsp3) is 0.182. The van der Waals surface area contributed by atoms with Crippen molar-refractivity contribution in [1.29, 1.82) is 0 Å². The highest BCUT2D eigenvalue weighted by Crippen LogP contribution is 2.23. The van der Waals surface area contributed by atoms with Crippen molar-refractivity contribution in [2.24, 2.45) is 0 Å². The van der Waals surface area contributed by atoms with E-state index in [1.807, 2.05) is 31.2 Å². The largest absolute Gasteiger partial charge is 0.322 e. The van der Waals surface area contributed by atoms with E-state index in [0.29, 0.717) is 11.3 Å². The van der Waals surface area contributed by atoms with E-state index in [-0.39, 0.29) is 11.8 Å². The molecule has 0 radical (unpaired) electrons. The summed E-state index contributed by atoms with van der Waals surface area (Å²) in [7, 11) is 0. The fourth-order valence-corrected chi connectivity index (χ4v) is 2.89. The highest BCUT2D eigenvalue weighted by Gasteiger charge is 2.11. The third-order valence-electron chi connectivity index (χ3n) is 4.27. The van der Waals surface area contributed by atoms with E-state index in [9.17, 15) is 4.79 Å². The number of aryl methyl sites for hydroxylation is 1. The molecule has 0 aliphatic carbocycles. The number of nitrogens with zero attached hydrogens (tertiary/aromatic N) is 3. The van der Waals surface area contributed by atoms with Crippen LogP contribution in [-0.2, 0) is 6.42 Å². The number of hydrogen-bond acceptors (Lipinski definition) is 3. The third kappa shape index (κ3) is 4.77. The van der Waals surface area contributed by atoms with Gasteiger partial charge in [-0.05, 0) is 43.0 Å². The van der Waals surface area contributed by atoms with Gasteiger partial charge >= 0.3 is 0 Å². The second kappa shape index (κ2) is 8.24. The number of hydrogen-bond donors (Lipinski definition) is 1. The zero-order chi connectivity index (χ0) is 19.2. The van der Waals surface area contributed by atoms with Gasteiger partial charge in [0.25, 0.3) is 5.91 Å². The molecule has 1 aromatic heterocycles. The minimum atomic E-state index is -0.227. The zero-order valence-corrected chi connectivity index (χ0v) is 15.3. The maximum absolute atomic E-state index is 12.5. The van der Waals surface area contributed by atoms with Gasteiger partial charge in [0.15, 0.2) is 5.69 Å². The van der Waals surface area contributed by atoms with Crippen LogP contribution in [0.4, 0.5) is 11.4 Å². The Morgan fingerprint density at radius 3 is 2.78 bits per heavy atom. The van der Waals surface area contributed by atoms with Gasteiger partial charge in [0.2, 0.25) is 0 Å². The van der Waals surface area contributed by atoms with Gasteiger partial charge in [0, 0.05) is 23.6 Å². The molecule has 0 fully saturated rings. The molecule has 134 valence electrons. The van der Waals surface area contributed by atoms with Crippen LogP contribution < -0.4 is 5.32 Å². The van der Waals surface area contributed by atoms with Crippen LogP contribution in [0.3, 0.4) is 0 Å². The zero-order valence-electron chi connectivity index (χ0n) is 15.3. The van der Waals surface area contributed by atoms with Gasteiger partial charge < -0.3 is 5.32 Å². The number of nitrogens with one attached hydrogen (secondary N) is 1. The Labute approximate surface area is 158 Å². The van der Waals surface area contributed by atoms with Gasteiger partial charge in [-0.15, -0.1) is 0 Å². The van der Waals surface area contributed by atoms with Gasteiger partial charge in [-0.1, -0.05) is 37.3 Å². The normalized spacial score (nSPS) is 11.4. The number of aromatic nitrogens is 2. The molecule has 0 spiro atoms. The predicted molar refractivity (Wildman–Crippen MR) is 106 cm³/mol. The second-order valence-electron chi connectivity index (χ2n) is 6.50. The second-order valence-corrected chi connectivity index (χ2v) is 6.50. The van der Waals surface area contributed by atoms with Crippen LogP contribution in [0.1, 0.15) is 40.2 Å². The lowest BCUT2D eigenvalue weighted by Gasteiger charge is -2.14. The molecule has 0 saturated heterocycles. The molecule has 0 aliphatic heterocycles. The van der Waals surface area contributed by atoms with Crippen LogP contribution in [0.15, 0.2) is 60.9 Å². The van der Waals surface area contributed by atoms with Crippen molar-refractivity contribution in [3.8, 4) is 0 Å². The summed E-state index contributed by atoms with van der Waals surface area (Å²) in [5.41, 5.74) is 4.62. The van der Waals surface area contributed by atoms with Crippen LogP contribution in [0.2, 0.25) is 0 Å². The molecule has 1 atom stereocenters. The van der Waals surface area contributed by atoms with E-state index < -0.39 is 0 Å². The molecule has 1 N–H and O–H groups in total. The number of carbonyl (C=O) groups excluding carboxylic acids is 1. The van der Waals surface area contributed by atoms with Gasteiger partial charge in [-0.25, -0.2) is 4.85 Å². The smallest absolute Gasteiger partial charge is 0.254 e. The van der Waals surface area contributed by atoms with Crippen molar-refractivity contribution in [3.63, 3.8) is 0 Å². The minimum absolute atomic E-state index is 0.227. The fourth-order valence-electron chi connectivity index (χ4n) is 2.89. The highest BCUT2D eigenvalue weighted by molar-refractivity contribution is 6.04. The van der Waals surface area contributed by atoms with Crippen molar-refractivity contribution >= 4 is 17.3 Å². The first-order valence-electron chi connectivity index (χ1n) is 8.71. The Kier molecular flexibility index (Phi) is 5.58. The summed E-state index contributed by atoms with van der Waals surface area (Å²) >= 11 is 0. The van der Waals surface area contributed by atoms with Crippen LogP contribution >= 0.6 is 0 Å². The van der Waals surface area contributed by atoms with Crippen LogP contribution in [0.5, 0.6) is 0 Å². The van der Waals surface area contributed by atoms with E-state index in [2.05, 4.69) is 27.1 Å². The molecule has 5 nitrogen and oxygen atoms in total. The Hall–Kier alpha value is -3.52. The topological polar surface area (TPSA) is 59.2 Å². The lowest BCUT2D eigenvalue weighted by atomic mass is 9.96. The summed E-state index contributed by atoms with van der Waals surface area (Å²) in [6.45, 7) is 11.1. The summed E-state index contributed by atoms with van der Waals surface area (Å²) in [5, 5.41) is 2.91. The molecule has 0 unspecified atom stereocenters. The van der Waals surface area contributed by atoms with Crippen molar-refractivity contribution in [1.82, 2.24) is 9.97 Å². The molecule has 0 bridgehead atoms. The number of anilines is 1. The van der Waals surface area contributed by atoms with Crippen molar-refractivity contribution in [2.75, 3.05) is 5.32 Å². The Morgan fingerprint density at radius 1 is 1.19 bits per heavy atom. The van der Waals surface area contributed by atoms with Crippen molar-refractivity contribution in [3.05, 3.63) is 94.9 Å². The average molecular weight is 356 g/mol. The molecule has 3 rings (SSSR count). The monoisotopic (exact) mass is 356 g/mol. The first-order valence-corrected chi connectivity index (χ1v) is 8.71. The number of rotatable bonds is 5. The molecule has 5 heteroatoms. The van der Waals surface area contributed by atoms with Crippen LogP contribution in [0.25, 0.3) is 4.85 Å². The first kappa shape index (κ1) is 18.3. The predicted octanol–water partition coefficient (Wildman–Crippen LogP) is 4.93. The van der Waals surface area contributed by atoms with E-state index in [1.165, 1.54) is 0 Å². The molecule has 1 amide bonds. The lowest BCUT2D eigenvalue weighted by Crippen LogP contribution is -2.12. The maximum Gasteiger partial charge on any atom is 0.254 e. The Bertz CT molecular complexity index is 1010. The van der Waals surface area contributed by atoms with E-state index in [4.69, 9.17) is 6.57 Å². The summed E-state index contributed by atoms with van der Waals surface area (Å²) in [6, 6.07) is 14.5. The van der Waals surface area contributed by atoms with Gasteiger partial charge in [-0.3, -0.25) is 14.8 Å². The molecule has 0 aliphatic rings. The summed E-state index contributed by atoms with van der Waals surface area (Å²) < 4.78 is 0. The van der Waals surface area contributed by atoms with E-state index in [1.54, 1.807) is 36.7 Å². The number of amides is 1. The van der Waals surface area contributed by atoms with E-state index in [0.717, 1.165) is 29.1 Å². The number of carbonyl (C=O) groups is 1. The van der Waals surface area contributed by atoms with Crippen molar-refractivity contribution in [2.45, 2.75) is 26.2 Å². The van der Waals surface area contributed by atoms with Gasteiger partial charge in [0.05, 0.1) is 18.0 Å².